The minimum atomic E-state index is -0.459. The summed E-state index contributed by atoms with van der Waals surface area (Å²) in [5.74, 6) is 0.188. The van der Waals surface area contributed by atoms with Crippen molar-refractivity contribution in [2.45, 2.75) is 141 Å². The van der Waals surface area contributed by atoms with Crippen molar-refractivity contribution < 1.29 is 42.8 Å². The molecule has 4 aliphatic rings. The summed E-state index contributed by atoms with van der Waals surface area (Å²) in [4.78, 5) is 35.0. The molecule has 0 atom stereocenters. The van der Waals surface area contributed by atoms with Crippen LogP contribution in [0.2, 0.25) is 0 Å². The maximum Gasteiger partial charge on any atom is 0.410 e. The van der Waals surface area contributed by atoms with Crippen LogP contribution in [-0.4, -0.2) is 111 Å². The molecule has 53 heavy (non-hydrogen) atoms. The first kappa shape index (κ1) is 43.1. The van der Waals surface area contributed by atoms with Crippen LogP contribution in [0.15, 0.2) is 45.6 Å². The summed E-state index contributed by atoms with van der Waals surface area (Å²) >= 11 is 6.50. The first-order valence-electron chi connectivity index (χ1n) is 18.4. The Labute approximate surface area is 329 Å². The summed E-state index contributed by atoms with van der Waals surface area (Å²) < 4.78 is 42.4. The summed E-state index contributed by atoms with van der Waals surface area (Å²) in [5.41, 5.74) is -0.888. The van der Waals surface area contributed by atoms with E-state index in [0.717, 1.165) is 55.8 Å². The van der Waals surface area contributed by atoms with Crippen molar-refractivity contribution in [2.75, 3.05) is 26.2 Å². The van der Waals surface area contributed by atoms with E-state index in [1.54, 1.807) is 22.1 Å². The van der Waals surface area contributed by atoms with Crippen molar-refractivity contribution in [1.29, 1.82) is 0 Å². The van der Waals surface area contributed by atoms with Crippen LogP contribution in [0.3, 0.4) is 0 Å². The number of rotatable bonds is 6. The van der Waals surface area contributed by atoms with Crippen molar-refractivity contribution >= 4 is 44.0 Å². The van der Waals surface area contributed by atoms with Crippen LogP contribution in [0.4, 0.5) is 14.0 Å². The smallest absolute Gasteiger partial charge is 0.410 e. The molecule has 0 unspecified atom stereocenters. The fourth-order valence-corrected chi connectivity index (χ4v) is 6.54. The lowest BCUT2D eigenvalue weighted by atomic mass is 9.91. The van der Waals surface area contributed by atoms with Gasteiger partial charge in [0.1, 0.15) is 17.3 Å². The second-order valence-corrected chi connectivity index (χ2v) is 17.6. The van der Waals surface area contributed by atoms with Crippen LogP contribution in [0.1, 0.15) is 92.9 Å². The third-order valence-electron chi connectivity index (χ3n) is 8.75. The standard InChI is InChI=1S/C19H27BrN2O4.C14H25NO4.C5H3BrFN/c1-19(2,3)26-18(23)22-8-5-14(6-9-22)24-15-11-16(12-15)25-17-10-13(20)4-7-21-17;1-14(2,3)19-13(17)15-6-4-11(5-7-15)18-12-8-10(16)9-12;6-4-1-2-8-5(7)3-4/h4,7,10,14-16H,5-6,8-9,11-12H2,1-3H3;10-12,16H,4-9H2,1-3H3;1-3H. The van der Waals surface area contributed by atoms with E-state index in [4.69, 9.17) is 23.7 Å². The van der Waals surface area contributed by atoms with Gasteiger partial charge in [-0.05, 0) is 92.2 Å². The van der Waals surface area contributed by atoms with Gasteiger partial charge >= 0.3 is 12.2 Å². The van der Waals surface area contributed by atoms with E-state index in [2.05, 4.69) is 41.8 Å². The largest absolute Gasteiger partial charge is 0.474 e. The molecule has 2 saturated carbocycles. The highest BCUT2D eigenvalue weighted by Crippen LogP contribution is 2.31. The number of aliphatic hydroxyl groups excluding tert-OH is 1. The van der Waals surface area contributed by atoms with Crippen LogP contribution < -0.4 is 4.74 Å². The Kier molecular flexibility index (Phi) is 16.1. The van der Waals surface area contributed by atoms with Gasteiger partial charge in [-0.25, -0.2) is 19.6 Å². The maximum atomic E-state index is 12.1. The average Bonchev–Trinajstić information content (AvgIpc) is 3.03. The fraction of sp³-hybridized carbons (Fsp3) is 0.684. The molecule has 1 N–H and O–H groups in total. The van der Waals surface area contributed by atoms with Gasteiger partial charge in [-0.3, -0.25) is 0 Å². The molecule has 2 aromatic rings. The van der Waals surface area contributed by atoms with Gasteiger partial charge in [-0.1, -0.05) is 31.9 Å². The molecule has 0 spiro atoms. The predicted octanol–water partition coefficient (Wildman–Crippen LogP) is 8.08. The number of ether oxygens (including phenoxy) is 5. The number of amides is 2. The number of aromatic nitrogens is 2. The normalized spacial score (nSPS) is 23.6. The zero-order chi connectivity index (χ0) is 38.8. The third-order valence-corrected chi connectivity index (χ3v) is 9.74. The zero-order valence-electron chi connectivity index (χ0n) is 31.6. The molecule has 4 heterocycles. The lowest BCUT2D eigenvalue weighted by Gasteiger charge is -2.39. The van der Waals surface area contributed by atoms with Gasteiger partial charge in [0.2, 0.25) is 11.8 Å². The molecule has 0 bridgehead atoms. The number of hydrogen-bond donors (Lipinski definition) is 1. The van der Waals surface area contributed by atoms with Gasteiger partial charge in [-0.2, -0.15) is 4.39 Å². The molecule has 15 heteroatoms. The summed E-state index contributed by atoms with van der Waals surface area (Å²) in [6.07, 6.45) is 10.3. The van der Waals surface area contributed by atoms with E-state index in [1.807, 2.05) is 53.7 Å². The van der Waals surface area contributed by atoms with Gasteiger partial charge in [0.05, 0.1) is 30.5 Å². The highest BCUT2D eigenvalue weighted by Gasteiger charge is 2.36. The molecule has 296 valence electrons. The number of carbonyl (C=O) groups excluding carboxylic acids is 2. The Bertz CT molecular complexity index is 1430. The highest BCUT2D eigenvalue weighted by molar-refractivity contribution is 9.10. The van der Waals surface area contributed by atoms with Crippen LogP contribution in [0.25, 0.3) is 0 Å². The van der Waals surface area contributed by atoms with Crippen molar-refractivity contribution in [3.05, 3.63) is 51.6 Å². The summed E-state index contributed by atoms with van der Waals surface area (Å²) in [7, 11) is 0. The van der Waals surface area contributed by atoms with Crippen molar-refractivity contribution in [3.63, 3.8) is 0 Å². The first-order chi connectivity index (χ1) is 24.9. The summed E-state index contributed by atoms with van der Waals surface area (Å²) in [6, 6.07) is 6.73. The van der Waals surface area contributed by atoms with Crippen LogP contribution in [0.5, 0.6) is 5.88 Å². The van der Waals surface area contributed by atoms with E-state index in [1.165, 1.54) is 12.3 Å². The molecule has 6 rings (SSSR count). The average molecular weight is 875 g/mol. The molecule has 2 amide bonds. The minimum absolute atomic E-state index is 0.170. The minimum Gasteiger partial charge on any atom is -0.474 e. The number of aliphatic hydroxyl groups is 1. The van der Waals surface area contributed by atoms with E-state index in [9.17, 15) is 19.1 Å². The fourth-order valence-electron chi connectivity index (χ4n) is 5.92. The number of pyridine rings is 2. The number of likely N-dealkylation sites (tertiary alicyclic amines) is 2. The molecular formula is C38H55Br2FN4O8. The van der Waals surface area contributed by atoms with E-state index in [0.29, 0.717) is 36.5 Å². The molecule has 2 aromatic heterocycles. The topological polar surface area (TPSA) is 133 Å². The SMILES string of the molecule is CC(C)(C)OC(=O)N1CCC(OC2CC(O)C2)CC1.CC(C)(C)OC(=O)N1CCC(OC2CC(Oc3cc(Br)ccn3)C2)CC1.Fc1cc(Br)ccn1. The molecule has 4 fully saturated rings. The van der Waals surface area contributed by atoms with Gasteiger partial charge in [0.15, 0.2) is 0 Å². The molecule has 0 radical (unpaired) electrons. The molecule has 2 aliphatic heterocycles. The Hall–Kier alpha value is -2.59. The first-order valence-corrected chi connectivity index (χ1v) is 20.0. The van der Waals surface area contributed by atoms with Crippen molar-refractivity contribution in [3.8, 4) is 5.88 Å². The van der Waals surface area contributed by atoms with E-state index >= 15 is 0 Å². The number of piperidine rings is 2. The molecule has 2 aliphatic carbocycles. The number of nitrogens with zero attached hydrogens (tertiary/aromatic N) is 4. The lowest BCUT2D eigenvalue weighted by Crippen LogP contribution is -2.46. The van der Waals surface area contributed by atoms with E-state index in [-0.39, 0.29) is 48.8 Å². The second-order valence-electron chi connectivity index (χ2n) is 15.8. The number of hydrogen-bond acceptors (Lipinski definition) is 10. The third kappa shape index (κ3) is 16.0. The monoisotopic (exact) mass is 872 g/mol. The molecule has 12 nitrogen and oxygen atoms in total. The lowest BCUT2D eigenvalue weighted by molar-refractivity contribution is -0.116. The van der Waals surface area contributed by atoms with Crippen LogP contribution in [-0.2, 0) is 18.9 Å². The Morgan fingerprint density at radius 3 is 1.51 bits per heavy atom. The molecule has 0 aromatic carbocycles. The molecule has 2 saturated heterocycles. The van der Waals surface area contributed by atoms with Gasteiger partial charge in [0.25, 0.3) is 0 Å². The zero-order valence-corrected chi connectivity index (χ0v) is 34.8. The second kappa shape index (κ2) is 19.8. The van der Waals surface area contributed by atoms with Crippen LogP contribution >= 0.6 is 31.9 Å². The number of carbonyl (C=O) groups is 2. The quantitative estimate of drug-likeness (QED) is 0.284. The van der Waals surface area contributed by atoms with Crippen molar-refractivity contribution in [2.24, 2.45) is 0 Å². The van der Waals surface area contributed by atoms with Gasteiger partial charge in [-0.15, -0.1) is 0 Å². The Balaban J connectivity index is 0.000000202. The maximum absolute atomic E-state index is 12.1. The molecular weight excluding hydrogens is 819 g/mol. The van der Waals surface area contributed by atoms with Gasteiger partial charge < -0.3 is 38.6 Å². The summed E-state index contributed by atoms with van der Waals surface area (Å²) in [5, 5.41) is 9.22. The summed E-state index contributed by atoms with van der Waals surface area (Å²) in [6.45, 7) is 14.1. The van der Waals surface area contributed by atoms with Crippen molar-refractivity contribution in [1.82, 2.24) is 19.8 Å². The van der Waals surface area contributed by atoms with Gasteiger partial charge in [0, 0.05) is 72.5 Å². The predicted molar refractivity (Wildman–Crippen MR) is 204 cm³/mol. The highest BCUT2D eigenvalue weighted by atomic mass is 79.9. The Morgan fingerprint density at radius 2 is 1.13 bits per heavy atom. The Morgan fingerprint density at radius 1 is 0.698 bits per heavy atom. The van der Waals surface area contributed by atoms with Crippen LogP contribution in [0, 0.1) is 5.95 Å². The number of halogens is 3. The van der Waals surface area contributed by atoms with E-state index < -0.39 is 17.1 Å².